The molecule has 0 bridgehead atoms. The van der Waals surface area contributed by atoms with Gasteiger partial charge in [0.1, 0.15) is 11.5 Å². The van der Waals surface area contributed by atoms with E-state index in [9.17, 15) is 4.79 Å². The lowest BCUT2D eigenvalue weighted by Crippen LogP contribution is -2.21. The highest BCUT2D eigenvalue weighted by molar-refractivity contribution is 5.81. The lowest BCUT2D eigenvalue weighted by molar-refractivity contribution is 0.349. The van der Waals surface area contributed by atoms with Crippen molar-refractivity contribution in [3.63, 3.8) is 0 Å². The van der Waals surface area contributed by atoms with Crippen molar-refractivity contribution in [2.45, 2.75) is 13.5 Å². The fraction of sp³-hybridized carbons (Fsp3) is 0.318. The summed E-state index contributed by atoms with van der Waals surface area (Å²) in [6.45, 7) is 6.34. The molecule has 0 fully saturated rings. The van der Waals surface area contributed by atoms with E-state index in [1.165, 1.54) is 0 Å². The summed E-state index contributed by atoms with van der Waals surface area (Å²) in [6, 6.07) is 3.91. The van der Waals surface area contributed by atoms with Crippen molar-refractivity contribution >= 4 is 12.2 Å². The standard InChI is InChI=1S/C22H29N3O3/c1-8-16-17(9-14(2)23)22(26)25(5)13-18(16)15-10-20(27-6)19(12-24(3)4)21(11-15)28-7/h8-11,13H,1,12,23H2,2-7H3/b14-9+. The van der Waals surface area contributed by atoms with Crippen LogP contribution in [0.3, 0.4) is 0 Å². The molecule has 0 aliphatic rings. The number of methoxy groups -OCH3 is 2. The van der Waals surface area contributed by atoms with Gasteiger partial charge in [-0.2, -0.15) is 0 Å². The number of benzene rings is 1. The first-order valence-electron chi connectivity index (χ1n) is 8.93. The SMILES string of the molecule is C=Cc1c(-c2cc(OC)c(CN(C)C)c(OC)c2)cn(C)c(=O)c1/C=C(\C)N. The van der Waals surface area contributed by atoms with E-state index in [0.29, 0.717) is 17.8 Å². The fourth-order valence-corrected chi connectivity index (χ4v) is 3.20. The van der Waals surface area contributed by atoms with Crippen LogP contribution in [0.2, 0.25) is 0 Å². The summed E-state index contributed by atoms with van der Waals surface area (Å²) in [7, 11) is 8.97. The van der Waals surface area contributed by atoms with Gasteiger partial charge in [0.25, 0.3) is 5.56 Å². The van der Waals surface area contributed by atoms with E-state index >= 15 is 0 Å². The molecule has 6 heteroatoms. The molecule has 2 aromatic rings. The summed E-state index contributed by atoms with van der Waals surface area (Å²) in [5, 5.41) is 0. The second kappa shape index (κ2) is 8.80. The van der Waals surface area contributed by atoms with Crippen LogP contribution in [0, 0.1) is 0 Å². The summed E-state index contributed by atoms with van der Waals surface area (Å²) < 4.78 is 12.8. The maximum atomic E-state index is 12.6. The van der Waals surface area contributed by atoms with Gasteiger partial charge in [0.05, 0.1) is 19.8 Å². The Morgan fingerprint density at radius 1 is 1.21 bits per heavy atom. The zero-order valence-corrected chi connectivity index (χ0v) is 17.5. The third-order valence-electron chi connectivity index (χ3n) is 4.42. The van der Waals surface area contributed by atoms with Gasteiger partial charge in [0, 0.05) is 36.6 Å². The molecule has 0 spiro atoms. The first-order chi connectivity index (χ1) is 13.2. The van der Waals surface area contributed by atoms with E-state index in [0.717, 1.165) is 33.8 Å². The molecule has 150 valence electrons. The fourth-order valence-electron chi connectivity index (χ4n) is 3.20. The summed E-state index contributed by atoms with van der Waals surface area (Å²) in [5.41, 5.74) is 10.2. The first-order valence-corrected chi connectivity index (χ1v) is 8.93. The van der Waals surface area contributed by atoms with Crippen LogP contribution in [-0.2, 0) is 13.6 Å². The van der Waals surface area contributed by atoms with Gasteiger partial charge in [-0.3, -0.25) is 4.79 Å². The summed E-state index contributed by atoms with van der Waals surface area (Å²) in [4.78, 5) is 14.7. The van der Waals surface area contributed by atoms with E-state index < -0.39 is 0 Å². The van der Waals surface area contributed by atoms with Crippen LogP contribution in [0.1, 0.15) is 23.6 Å². The molecule has 0 aliphatic carbocycles. The Labute approximate surface area is 166 Å². The Morgan fingerprint density at radius 2 is 1.79 bits per heavy atom. The Balaban J connectivity index is 2.84. The van der Waals surface area contributed by atoms with Gasteiger partial charge in [0.2, 0.25) is 0 Å². The van der Waals surface area contributed by atoms with Crippen molar-refractivity contribution in [2.75, 3.05) is 28.3 Å². The van der Waals surface area contributed by atoms with Crippen LogP contribution < -0.4 is 20.8 Å². The van der Waals surface area contributed by atoms with E-state index in [4.69, 9.17) is 15.2 Å². The Kier molecular flexibility index (Phi) is 6.70. The van der Waals surface area contributed by atoms with Crippen LogP contribution in [0.4, 0.5) is 0 Å². The minimum atomic E-state index is -0.133. The minimum Gasteiger partial charge on any atom is -0.496 e. The minimum absolute atomic E-state index is 0.133. The number of aromatic nitrogens is 1. The van der Waals surface area contributed by atoms with Gasteiger partial charge in [-0.05, 0) is 50.4 Å². The zero-order chi connectivity index (χ0) is 21.0. The molecule has 0 aliphatic heterocycles. The lowest BCUT2D eigenvalue weighted by Gasteiger charge is -2.20. The molecular formula is C22H29N3O3. The van der Waals surface area contributed by atoms with Crippen molar-refractivity contribution in [3.8, 4) is 22.6 Å². The average Bonchev–Trinajstić information content (AvgIpc) is 2.64. The lowest BCUT2D eigenvalue weighted by atomic mass is 9.95. The number of ether oxygens (including phenoxy) is 2. The summed E-state index contributed by atoms with van der Waals surface area (Å²) in [6.07, 6.45) is 5.15. The molecule has 1 heterocycles. The number of hydrogen-bond donors (Lipinski definition) is 1. The summed E-state index contributed by atoms with van der Waals surface area (Å²) >= 11 is 0. The van der Waals surface area contributed by atoms with Crippen molar-refractivity contribution in [1.82, 2.24) is 9.47 Å². The van der Waals surface area contributed by atoms with Gasteiger partial charge in [0.15, 0.2) is 0 Å². The Bertz CT molecular complexity index is 943. The van der Waals surface area contributed by atoms with Gasteiger partial charge >= 0.3 is 0 Å². The molecule has 0 unspecified atom stereocenters. The molecule has 2 rings (SSSR count). The Morgan fingerprint density at radius 3 is 2.21 bits per heavy atom. The van der Waals surface area contributed by atoms with Crippen molar-refractivity contribution in [3.05, 3.63) is 57.6 Å². The molecule has 0 saturated heterocycles. The second-order valence-corrected chi connectivity index (χ2v) is 6.98. The highest BCUT2D eigenvalue weighted by Crippen LogP contribution is 2.37. The molecule has 0 amide bonds. The molecule has 0 atom stereocenters. The third kappa shape index (κ3) is 4.28. The Hall–Kier alpha value is -2.99. The van der Waals surface area contributed by atoms with E-state index in [1.54, 1.807) is 51.1 Å². The maximum Gasteiger partial charge on any atom is 0.258 e. The van der Waals surface area contributed by atoms with Crippen LogP contribution in [0.25, 0.3) is 23.3 Å². The van der Waals surface area contributed by atoms with Gasteiger partial charge in [-0.15, -0.1) is 0 Å². The van der Waals surface area contributed by atoms with Crippen molar-refractivity contribution in [1.29, 1.82) is 0 Å². The topological polar surface area (TPSA) is 69.7 Å². The number of aryl methyl sites for hydroxylation is 1. The number of rotatable bonds is 7. The van der Waals surface area contributed by atoms with Gasteiger partial charge < -0.3 is 24.7 Å². The molecule has 1 aromatic heterocycles. The van der Waals surface area contributed by atoms with Crippen LogP contribution >= 0.6 is 0 Å². The molecule has 0 saturated carbocycles. The van der Waals surface area contributed by atoms with Crippen LogP contribution in [-0.4, -0.2) is 37.8 Å². The second-order valence-electron chi connectivity index (χ2n) is 6.98. The molecule has 1 aromatic carbocycles. The molecule has 6 nitrogen and oxygen atoms in total. The normalized spacial score (nSPS) is 11.6. The molecule has 2 N–H and O–H groups in total. The van der Waals surface area contributed by atoms with E-state index in [2.05, 4.69) is 6.58 Å². The van der Waals surface area contributed by atoms with Gasteiger partial charge in [-0.25, -0.2) is 0 Å². The number of nitrogens with two attached hydrogens (primary N) is 1. The van der Waals surface area contributed by atoms with Crippen LogP contribution in [0.5, 0.6) is 11.5 Å². The van der Waals surface area contributed by atoms with E-state index in [1.807, 2.05) is 31.1 Å². The average molecular weight is 383 g/mol. The van der Waals surface area contributed by atoms with Gasteiger partial charge in [-0.1, -0.05) is 12.7 Å². The largest absolute Gasteiger partial charge is 0.496 e. The zero-order valence-electron chi connectivity index (χ0n) is 17.5. The number of allylic oxidation sites excluding steroid dienone is 1. The molecule has 0 radical (unpaired) electrons. The number of pyridine rings is 1. The molecular weight excluding hydrogens is 354 g/mol. The predicted octanol–water partition coefficient (Wildman–Crippen LogP) is 3.09. The van der Waals surface area contributed by atoms with E-state index in [-0.39, 0.29) is 5.56 Å². The first kappa shape index (κ1) is 21.3. The number of hydrogen-bond acceptors (Lipinski definition) is 5. The highest BCUT2D eigenvalue weighted by Gasteiger charge is 2.18. The van der Waals surface area contributed by atoms with Crippen LogP contribution in [0.15, 0.2) is 35.4 Å². The molecule has 28 heavy (non-hydrogen) atoms. The highest BCUT2D eigenvalue weighted by atomic mass is 16.5. The number of nitrogens with zero attached hydrogens (tertiary/aromatic N) is 2. The maximum absolute atomic E-state index is 12.6. The third-order valence-corrected chi connectivity index (χ3v) is 4.42. The smallest absolute Gasteiger partial charge is 0.258 e. The summed E-state index contributed by atoms with van der Waals surface area (Å²) in [5.74, 6) is 1.44. The monoisotopic (exact) mass is 383 g/mol. The van der Waals surface area contributed by atoms with Crippen molar-refractivity contribution < 1.29 is 9.47 Å². The van der Waals surface area contributed by atoms with Crippen molar-refractivity contribution in [2.24, 2.45) is 12.8 Å². The quantitative estimate of drug-likeness (QED) is 0.796. The predicted molar refractivity (Wildman–Crippen MR) is 116 cm³/mol.